The second-order valence-electron chi connectivity index (χ2n) is 11.0. The molecular formula is C31H32O7. The van der Waals surface area contributed by atoms with E-state index >= 15 is 0 Å². The molecule has 7 heteroatoms. The van der Waals surface area contributed by atoms with Crippen LogP contribution in [-0.4, -0.2) is 28.5 Å². The summed E-state index contributed by atoms with van der Waals surface area (Å²) in [6.07, 6.45) is 11.1. The zero-order chi connectivity index (χ0) is 27.6. The fraction of sp³-hybridized carbons (Fsp3) is 0.323. The molecule has 7 nitrogen and oxygen atoms in total. The number of fused-ring (bicyclic) bond motifs is 4. The molecule has 198 valence electrons. The molecule has 0 aliphatic carbocycles. The van der Waals surface area contributed by atoms with E-state index < -0.39 is 16.6 Å². The predicted octanol–water partition coefficient (Wildman–Crippen LogP) is 6.76. The van der Waals surface area contributed by atoms with Gasteiger partial charge in [0.25, 0.3) is 0 Å². The Morgan fingerprint density at radius 3 is 2.24 bits per heavy atom. The molecule has 3 aromatic rings. The van der Waals surface area contributed by atoms with Gasteiger partial charge in [-0.3, -0.25) is 4.79 Å². The van der Waals surface area contributed by atoms with Gasteiger partial charge in [0.1, 0.15) is 40.1 Å². The van der Waals surface area contributed by atoms with E-state index in [0.29, 0.717) is 40.2 Å². The van der Waals surface area contributed by atoms with E-state index in [1.807, 2.05) is 65.8 Å². The highest BCUT2D eigenvalue weighted by Crippen LogP contribution is 2.49. The van der Waals surface area contributed by atoms with Crippen molar-refractivity contribution in [3.8, 4) is 39.9 Å². The molecule has 0 bridgehead atoms. The third-order valence-electron chi connectivity index (χ3n) is 6.77. The summed E-state index contributed by atoms with van der Waals surface area (Å²) in [5, 5.41) is 22.4. The van der Waals surface area contributed by atoms with Crippen LogP contribution in [-0.2, 0) is 6.42 Å². The van der Waals surface area contributed by atoms with Gasteiger partial charge in [0, 0.05) is 11.1 Å². The van der Waals surface area contributed by atoms with Crippen molar-refractivity contribution in [2.75, 3.05) is 7.11 Å². The van der Waals surface area contributed by atoms with E-state index in [9.17, 15) is 15.0 Å². The van der Waals surface area contributed by atoms with Crippen LogP contribution in [0.4, 0.5) is 0 Å². The Labute approximate surface area is 221 Å². The quantitative estimate of drug-likeness (QED) is 0.370. The Morgan fingerprint density at radius 2 is 1.61 bits per heavy atom. The maximum atomic E-state index is 14.0. The summed E-state index contributed by atoms with van der Waals surface area (Å²) < 4.78 is 23.9. The maximum absolute atomic E-state index is 14.0. The number of phenols is 2. The summed E-state index contributed by atoms with van der Waals surface area (Å²) in [7, 11) is 1.49. The van der Waals surface area contributed by atoms with Gasteiger partial charge in [-0.15, -0.1) is 0 Å². The first-order valence-corrected chi connectivity index (χ1v) is 12.5. The van der Waals surface area contributed by atoms with Crippen LogP contribution in [0.2, 0.25) is 0 Å². The minimum atomic E-state index is -0.615. The molecule has 3 heterocycles. The smallest absolute Gasteiger partial charge is 0.204 e. The summed E-state index contributed by atoms with van der Waals surface area (Å²) in [4.78, 5) is 14.0. The molecule has 0 atom stereocenters. The minimum absolute atomic E-state index is 0.0403. The SMILES string of the molecule is COc1c(-c2coc3c4c(c(CC=C(C)C)c(O)c3c2=O)OC(C)(C)C=C4)cc(O)c2c1C=CC(C)(C)O2. The van der Waals surface area contributed by atoms with Gasteiger partial charge in [0.05, 0.1) is 23.8 Å². The summed E-state index contributed by atoms with van der Waals surface area (Å²) in [5.74, 6) is 0.788. The molecule has 0 saturated carbocycles. The van der Waals surface area contributed by atoms with Gasteiger partial charge in [-0.2, -0.15) is 0 Å². The summed E-state index contributed by atoms with van der Waals surface area (Å²) in [6.45, 7) is 11.5. The molecule has 0 amide bonds. The van der Waals surface area contributed by atoms with Crippen LogP contribution in [0.25, 0.3) is 34.2 Å². The second-order valence-corrected chi connectivity index (χ2v) is 11.0. The molecule has 2 N–H and O–H groups in total. The molecule has 0 unspecified atom stereocenters. The lowest BCUT2D eigenvalue weighted by atomic mass is 9.92. The van der Waals surface area contributed by atoms with Crippen molar-refractivity contribution in [3.63, 3.8) is 0 Å². The van der Waals surface area contributed by atoms with Crippen LogP contribution in [0, 0.1) is 0 Å². The van der Waals surface area contributed by atoms with E-state index in [2.05, 4.69) is 0 Å². The summed E-state index contributed by atoms with van der Waals surface area (Å²) in [5.41, 5.74) is 1.70. The molecule has 0 radical (unpaired) electrons. The Bertz CT molecular complexity index is 1630. The zero-order valence-corrected chi connectivity index (χ0v) is 22.7. The van der Waals surface area contributed by atoms with Gasteiger partial charge in [-0.05, 0) is 78.3 Å². The zero-order valence-electron chi connectivity index (χ0n) is 22.7. The van der Waals surface area contributed by atoms with Gasteiger partial charge in [0.15, 0.2) is 17.1 Å². The monoisotopic (exact) mass is 516 g/mol. The van der Waals surface area contributed by atoms with Crippen LogP contribution in [0.15, 0.2) is 45.3 Å². The van der Waals surface area contributed by atoms with Crippen molar-refractivity contribution in [1.82, 2.24) is 0 Å². The number of hydrogen-bond acceptors (Lipinski definition) is 7. The van der Waals surface area contributed by atoms with Gasteiger partial charge >= 0.3 is 0 Å². The van der Waals surface area contributed by atoms with Crippen molar-refractivity contribution in [3.05, 3.63) is 63.0 Å². The second kappa shape index (κ2) is 8.72. The first kappa shape index (κ1) is 25.5. The van der Waals surface area contributed by atoms with Crippen molar-refractivity contribution >= 4 is 23.1 Å². The lowest BCUT2D eigenvalue weighted by Crippen LogP contribution is -2.28. The molecule has 0 fully saturated rings. The molecule has 0 spiro atoms. The first-order valence-electron chi connectivity index (χ1n) is 12.5. The van der Waals surface area contributed by atoms with E-state index in [-0.39, 0.29) is 33.8 Å². The normalized spacial score (nSPS) is 16.3. The topological polar surface area (TPSA) is 98.4 Å². The van der Waals surface area contributed by atoms with Crippen molar-refractivity contribution in [2.45, 2.75) is 59.2 Å². The third-order valence-corrected chi connectivity index (χ3v) is 6.77. The van der Waals surface area contributed by atoms with E-state index in [4.69, 9.17) is 18.6 Å². The predicted molar refractivity (Wildman–Crippen MR) is 148 cm³/mol. The molecule has 1 aromatic heterocycles. The third kappa shape index (κ3) is 4.12. The lowest BCUT2D eigenvalue weighted by Gasteiger charge is -2.30. The van der Waals surface area contributed by atoms with Crippen LogP contribution in [0.1, 0.15) is 58.2 Å². The van der Waals surface area contributed by atoms with Crippen molar-refractivity contribution < 1.29 is 28.8 Å². The van der Waals surface area contributed by atoms with E-state index in [1.165, 1.54) is 19.4 Å². The van der Waals surface area contributed by atoms with Gasteiger partial charge < -0.3 is 28.8 Å². The Hall–Kier alpha value is -4.13. The van der Waals surface area contributed by atoms with Crippen LogP contribution >= 0.6 is 0 Å². The Balaban J connectivity index is 1.81. The maximum Gasteiger partial charge on any atom is 0.204 e. The minimum Gasteiger partial charge on any atom is -0.507 e. The molecule has 2 aromatic carbocycles. The molecule has 38 heavy (non-hydrogen) atoms. The van der Waals surface area contributed by atoms with Crippen molar-refractivity contribution in [2.24, 2.45) is 0 Å². The van der Waals surface area contributed by atoms with Crippen LogP contribution in [0.5, 0.6) is 28.7 Å². The van der Waals surface area contributed by atoms with Gasteiger partial charge in [-0.25, -0.2) is 0 Å². The Kier molecular flexibility index (Phi) is 5.86. The standard InChI is InChI=1S/C31H32O7/c1-16(2)8-9-17-24(33)23-25(34)21(15-36-29(23)19-11-13-30(3,4)37-27(17)19)20-14-22(32)28-18(26(20)35-7)10-12-31(5,6)38-28/h8,10-15,32-33H,9H2,1-7H3. The molecule has 2 aliphatic rings. The number of aromatic hydroxyl groups is 2. The highest BCUT2D eigenvalue weighted by atomic mass is 16.5. The van der Waals surface area contributed by atoms with Crippen molar-refractivity contribution in [1.29, 1.82) is 0 Å². The average molecular weight is 517 g/mol. The number of hydrogen-bond donors (Lipinski definition) is 2. The number of rotatable bonds is 4. The lowest BCUT2D eigenvalue weighted by molar-refractivity contribution is 0.152. The van der Waals surface area contributed by atoms with Crippen LogP contribution < -0.4 is 19.6 Å². The number of methoxy groups -OCH3 is 1. The van der Waals surface area contributed by atoms with Crippen LogP contribution in [0.3, 0.4) is 0 Å². The molecule has 2 aliphatic heterocycles. The van der Waals surface area contributed by atoms with E-state index in [1.54, 1.807) is 6.08 Å². The number of benzene rings is 2. The highest BCUT2D eigenvalue weighted by molar-refractivity contribution is 5.98. The molecule has 0 saturated heterocycles. The summed E-state index contributed by atoms with van der Waals surface area (Å²) >= 11 is 0. The van der Waals surface area contributed by atoms with Gasteiger partial charge in [0.2, 0.25) is 5.43 Å². The van der Waals surface area contributed by atoms with Gasteiger partial charge in [-0.1, -0.05) is 11.6 Å². The number of allylic oxidation sites excluding steroid dienone is 2. The first-order chi connectivity index (χ1) is 17.8. The number of phenolic OH excluding ortho intramolecular Hbond substituents is 2. The van der Waals surface area contributed by atoms with E-state index in [0.717, 1.165) is 5.57 Å². The number of ether oxygens (including phenoxy) is 3. The fourth-order valence-electron chi connectivity index (χ4n) is 4.85. The summed E-state index contributed by atoms with van der Waals surface area (Å²) in [6, 6.07) is 1.43. The highest BCUT2D eigenvalue weighted by Gasteiger charge is 2.32. The largest absolute Gasteiger partial charge is 0.507 e. The fourth-order valence-corrected chi connectivity index (χ4v) is 4.85. The molecular weight excluding hydrogens is 484 g/mol. The average Bonchev–Trinajstić information content (AvgIpc) is 2.83. The molecule has 5 rings (SSSR count). The Morgan fingerprint density at radius 1 is 0.974 bits per heavy atom.